The predicted octanol–water partition coefficient (Wildman–Crippen LogP) is 5.11. The standard InChI is InChI=1S/C24H22F3N3O/c25-24(26,27)20-10-8-17(9-11-20)14-21-6-1-7-22(29-21)19-5-3-13-30(16-19)23(31)18-4-2-12-28-15-18/h1-2,4,6-12,15,19H,3,5,13-14,16H2/t19-/m0/s1. The highest BCUT2D eigenvalue weighted by Crippen LogP contribution is 2.30. The van der Waals surface area contributed by atoms with Crippen LogP contribution in [-0.2, 0) is 12.6 Å². The Morgan fingerprint density at radius 1 is 1.06 bits per heavy atom. The van der Waals surface area contributed by atoms with Gasteiger partial charge in [-0.25, -0.2) is 0 Å². The van der Waals surface area contributed by atoms with Crippen LogP contribution in [0.3, 0.4) is 0 Å². The molecule has 2 aromatic heterocycles. The van der Waals surface area contributed by atoms with E-state index < -0.39 is 11.7 Å². The highest BCUT2D eigenvalue weighted by atomic mass is 19.4. The predicted molar refractivity (Wildman–Crippen MR) is 111 cm³/mol. The second kappa shape index (κ2) is 8.88. The number of benzene rings is 1. The van der Waals surface area contributed by atoms with Gasteiger partial charge in [0.25, 0.3) is 5.91 Å². The van der Waals surface area contributed by atoms with Gasteiger partial charge in [-0.05, 0) is 54.8 Å². The molecular weight excluding hydrogens is 403 g/mol. The minimum atomic E-state index is -4.34. The van der Waals surface area contributed by atoms with E-state index in [9.17, 15) is 18.0 Å². The van der Waals surface area contributed by atoms with Crippen molar-refractivity contribution in [2.75, 3.05) is 13.1 Å². The Hall–Kier alpha value is -3.22. The lowest BCUT2D eigenvalue weighted by Gasteiger charge is -2.32. The molecule has 4 nitrogen and oxygen atoms in total. The van der Waals surface area contributed by atoms with Crippen molar-refractivity contribution in [3.63, 3.8) is 0 Å². The molecule has 3 aromatic rings. The van der Waals surface area contributed by atoms with Crippen molar-refractivity contribution in [1.29, 1.82) is 0 Å². The van der Waals surface area contributed by atoms with Crippen molar-refractivity contribution in [3.8, 4) is 0 Å². The quantitative estimate of drug-likeness (QED) is 0.584. The van der Waals surface area contributed by atoms with E-state index in [0.29, 0.717) is 25.1 Å². The van der Waals surface area contributed by atoms with Gasteiger partial charge in [-0.3, -0.25) is 14.8 Å². The van der Waals surface area contributed by atoms with Crippen LogP contribution in [0.5, 0.6) is 0 Å². The number of rotatable bonds is 4. The third-order valence-corrected chi connectivity index (χ3v) is 5.53. The highest BCUT2D eigenvalue weighted by Gasteiger charge is 2.30. The summed E-state index contributed by atoms with van der Waals surface area (Å²) in [7, 11) is 0. The van der Waals surface area contributed by atoms with Crippen molar-refractivity contribution >= 4 is 5.91 Å². The van der Waals surface area contributed by atoms with E-state index in [2.05, 4.69) is 4.98 Å². The van der Waals surface area contributed by atoms with Gasteiger partial charge in [-0.2, -0.15) is 13.2 Å². The van der Waals surface area contributed by atoms with Gasteiger partial charge in [0.1, 0.15) is 0 Å². The van der Waals surface area contributed by atoms with Crippen LogP contribution < -0.4 is 0 Å². The summed E-state index contributed by atoms with van der Waals surface area (Å²) < 4.78 is 38.3. The van der Waals surface area contributed by atoms with Gasteiger partial charge in [0.05, 0.1) is 11.1 Å². The Balaban J connectivity index is 1.46. The normalized spacial score (nSPS) is 16.9. The van der Waals surface area contributed by atoms with E-state index in [-0.39, 0.29) is 11.8 Å². The van der Waals surface area contributed by atoms with Crippen molar-refractivity contribution in [2.45, 2.75) is 31.4 Å². The van der Waals surface area contributed by atoms with Gasteiger partial charge in [0.2, 0.25) is 0 Å². The molecule has 1 atom stereocenters. The van der Waals surface area contributed by atoms with Gasteiger partial charge < -0.3 is 4.90 Å². The summed E-state index contributed by atoms with van der Waals surface area (Å²) in [5.74, 6) is 0.0978. The van der Waals surface area contributed by atoms with Crippen molar-refractivity contribution < 1.29 is 18.0 Å². The molecule has 1 saturated heterocycles. The molecule has 1 aliphatic heterocycles. The maximum Gasteiger partial charge on any atom is 0.416 e. The number of amides is 1. The Morgan fingerprint density at radius 2 is 1.87 bits per heavy atom. The number of carbonyl (C=O) groups excluding carboxylic acids is 1. The first-order chi connectivity index (χ1) is 14.9. The molecule has 1 amide bonds. The van der Waals surface area contributed by atoms with Crippen molar-refractivity contribution in [2.24, 2.45) is 0 Å². The van der Waals surface area contributed by atoms with Gasteiger partial charge in [-0.1, -0.05) is 18.2 Å². The van der Waals surface area contributed by atoms with Gasteiger partial charge >= 0.3 is 6.18 Å². The van der Waals surface area contributed by atoms with Gasteiger partial charge in [0.15, 0.2) is 0 Å². The second-order valence-electron chi connectivity index (χ2n) is 7.76. The molecule has 0 aliphatic carbocycles. The average Bonchev–Trinajstić information content (AvgIpc) is 2.79. The van der Waals surface area contributed by atoms with Crippen molar-refractivity contribution in [3.05, 3.63) is 95.1 Å². The summed E-state index contributed by atoms with van der Waals surface area (Å²) in [6.45, 7) is 1.29. The number of halogens is 3. The number of aromatic nitrogens is 2. The number of hydrogen-bond donors (Lipinski definition) is 0. The first-order valence-electron chi connectivity index (χ1n) is 10.2. The third kappa shape index (κ3) is 5.10. The molecule has 0 spiro atoms. The zero-order valence-corrected chi connectivity index (χ0v) is 16.8. The molecule has 1 aliphatic rings. The zero-order chi connectivity index (χ0) is 21.8. The minimum absolute atomic E-state index is 0.0290. The number of hydrogen-bond acceptors (Lipinski definition) is 3. The average molecular weight is 425 g/mol. The lowest BCUT2D eigenvalue weighted by Crippen LogP contribution is -2.39. The van der Waals surface area contributed by atoms with Crippen molar-refractivity contribution in [1.82, 2.24) is 14.9 Å². The second-order valence-corrected chi connectivity index (χ2v) is 7.76. The summed E-state index contributed by atoms with van der Waals surface area (Å²) >= 11 is 0. The van der Waals surface area contributed by atoms with Crippen LogP contribution in [0.1, 0.15) is 51.6 Å². The van der Waals surface area contributed by atoms with Crippen LogP contribution in [0.25, 0.3) is 0 Å². The highest BCUT2D eigenvalue weighted by molar-refractivity contribution is 5.94. The summed E-state index contributed by atoms with van der Waals surface area (Å²) in [4.78, 5) is 23.4. The Kier molecular flexibility index (Phi) is 6.02. The molecule has 160 valence electrons. The molecular formula is C24H22F3N3O. The first-order valence-corrected chi connectivity index (χ1v) is 10.2. The Labute approximate surface area is 178 Å². The smallest absolute Gasteiger partial charge is 0.338 e. The van der Waals surface area contributed by atoms with Crippen LogP contribution in [0.2, 0.25) is 0 Å². The molecule has 0 radical (unpaired) electrons. The molecule has 1 fully saturated rings. The fraction of sp³-hybridized carbons (Fsp3) is 0.292. The molecule has 0 unspecified atom stereocenters. The van der Waals surface area contributed by atoms with E-state index in [0.717, 1.165) is 41.9 Å². The molecule has 0 bridgehead atoms. The molecule has 31 heavy (non-hydrogen) atoms. The summed E-state index contributed by atoms with van der Waals surface area (Å²) in [6, 6.07) is 14.5. The minimum Gasteiger partial charge on any atom is -0.338 e. The molecule has 4 rings (SSSR count). The maximum absolute atomic E-state index is 12.8. The number of likely N-dealkylation sites (tertiary alicyclic amines) is 1. The summed E-state index contributed by atoms with van der Waals surface area (Å²) in [5, 5.41) is 0. The van der Waals surface area contributed by atoms with Crippen LogP contribution in [0.4, 0.5) is 13.2 Å². The molecule has 0 N–H and O–H groups in total. The molecule has 3 heterocycles. The van der Waals surface area contributed by atoms with E-state index in [1.54, 1.807) is 24.5 Å². The van der Waals surface area contributed by atoms with E-state index in [1.165, 1.54) is 12.1 Å². The lowest BCUT2D eigenvalue weighted by molar-refractivity contribution is -0.137. The number of pyridine rings is 2. The van der Waals surface area contributed by atoms with Gasteiger partial charge in [0, 0.05) is 49.2 Å². The van der Waals surface area contributed by atoms with Crippen LogP contribution in [0.15, 0.2) is 67.0 Å². The van der Waals surface area contributed by atoms with Crippen LogP contribution >= 0.6 is 0 Å². The number of piperidine rings is 1. The Morgan fingerprint density at radius 3 is 2.58 bits per heavy atom. The third-order valence-electron chi connectivity index (χ3n) is 5.53. The number of nitrogens with zero attached hydrogens (tertiary/aromatic N) is 3. The SMILES string of the molecule is O=C(c1cccnc1)N1CCC[C@H](c2cccc(Cc3ccc(C(F)(F)F)cc3)n2)C1. The molecule has 7 heteroatoms. The van der Waals surface area contributed by atoms with E-state index >= 15 is 0 Å². The Bertz CT molecular complexity index is 1040. The monoisotopic (exact) mass is 425 g/mol. The largest absolute Gasteiger partial charge is 0.416 e. The van der Waals surface area contributed by atoms with Crippen LogP contribution in [0, 0.1) is 0 Å². The number of carbonyl (C=O) groups is 1. The summed E-state index contributed by atoms with van der Waals surface area (Å²) in [6.07, 6.45) is 1.17. The zero-order valence-electron chi connectivity index (χ0n) is 16.8. The molecule has 1 aromatic carbocycles. The topological polar surface area (TPSA) is 46.1 Å². The van der Waals surface area contributed by atoms with E-state index in [1.807, 2.05) is 23.1 Å². The first kappa shape index (κ1) is 21.0. The molecule has 0 saturated carbocycles. The van der Waals surface area contributed by atoms with E-state index in [4.69, 9.17) is 4.98 Å². The van der Waals surface area contributed by atoms with Crippen LogP contribution in [-0.4, -0.2) is 33.9 Å². The fourth-order valence-electron chi connectivity index (χ4n) is 3.92. The lowest BCUT2D eigenvalue weighted by atomic mass is 9.93. The van der Waals surface area contributed by atoms with Gasteiger partial charge in [-0.15, -0.1) is 0 Å². The maximum atomic E-state index is 12.8. The fourth-order valence-corrected chi connectivity index (χ4v) is 3.92. The summed E-state index contributed by atoms with van der Waals surface area (Å²) in [5.41, 5.74) is 2.40. The number of alkyl halides is 3.